The first-order valence-electron chi connectivity index (χ1n) is 34.2. The van der Waals surface area contributed by atoms with E-state index in [4.69, 9.17) is 9.47 Å². The Morgan fingerprint density at radius 3 is 0.776 bits per heavy atom. The SMILES string of the molecule is CCCCCCC/C=C\C/C=C\CCCCCCCCCCCCCCCCCCCCCCCCCCCCCCCC(=O)OC(CO)COC(=O)CCCCCCCCCCC/C=C\C/C=C\CCCCCCC. The molecule has 0 aromatic heterocycles. The van der Waals surface area contributed by atoms with E-state index in [-0.39, 0.29) is 25.2 Å². The quantitative estimate of drug-likeness (QED) is 0.0373. The summed E-state index contributed by atoms with van der Waals surface area (Å²) in [5.41, 5.74) is 0. The maximum atomic E-state index is 12.3. The Morgan fingerprint density at radius 2 is 0.526 bits per heavy atom. The summed E-state index contributed by atoms with van der Waals surface area (Å²) < 4.78 is 10.7. The van der Waals surface area contributed by atoms with Gasteiger partial charge in [-0.2, -0.15) is 0 Å². The summed E-state index contributed by atoms with van der Waals surface area (Å²) >= 11 is 0. The number of unbranched alkanes of at least 4 members (excludes halogenated alkanes) is 48. The third kappa shape index (κ3) is 64.4. The van der Waals surface area contributed by atoms with Crippen molar-refractivity contribution in [3.63, 3.8) is 0 Å². The standard InChI is InChI=1S/C71H132O5/c1-3-5-7-9-11-13-15-17-19-21-23-25-26-27-28-29-30-31-32-33-34-35-36-37-38-39-40-41-42-43-44-46-48-50-52-54-56-58-60-62-64-66-71(74)76-69(67-72)68-75-70(73)65-63-61-59-57-55-53-51-49-47-45-24-22-20-18-16-14-12-10-8-6-4-2/h15-18,21-24,69,72H,3-14,19-20,25-68H2,1-2H3/b17-15-,18-16-,23-21-,24-22-. The topological polar surface area (TPSA) is 72.8 Å². The van der Waals surface area contributed by atoms with Crippen molar-refractivity contribution in [2.24, 2.45) is 0 Å². The van der Waals surface area contributed by atoms with Crippen LogP contribution in [0, 0.1) is 0 Å². The molecule has 0 amide bonds. The highest BCUT2D eigenvalue weighted by molar-refractivity contribution is 5.70. The molecule has 5 nitrogen and oxygen atoms in total. The van der Waals surface area contributed by atoms with Crippen LogP contribution in [-0.2, 0) is 19.1 Å². The zero-order valence-electron chi connectivity index (χ0n) is 51.3. The van der Waals surface area contributed by atoms with Gasteiger partial charge in [0.15, 0.2) is 6.10 Å². The molecule has 0 saturated heterocycles. The van der Waals surface area contributed by atoms with Gasteiger partial charge in [-0.05, 0) is 77.0 Å². The Hall–Kier alpha value is -2.14. The fourth-order valence-corrected chi connectivity index (χ4v) is 10.4. The van der Waals surface area contributed by atoms with E-state index in [2.05, 4.69) is 62.5 Å². The molecule has 0 aliphatic rings. The van der Waals surface area contributed by atoms with Crippen LogP contribution in [0.15, 0.2) is 48.6 Å². The highest BCUT2D eigenvalue weighted by Gasteiger charge is 2.16. The van der Waals surface area contributed by atoms with Gasteiger partial charge >= 0.3 is 11.9 Å². The van der Waals surface area contributed by atoms with Gasteiger partial charge in [-0.15, -0.1) is 0 Å². The maximum Gasteiger partial charge on any atom is 0.306 e. The van der Waals surface area contributed by atoms with Gasteiger partial charge < -0.3 is 14.6 Å². The lowest BCUT2D eigenvalue weighted by molar-refractivity contribution is -0.161. The number of aliphatic hydroxyl groups excluding tert-OH is 1. The maximum absolute atomic E-state index is 12.3. The van der Waals surface area contributed by atoms with Crippen molar-refractivity contribution < 1.29 is 24.2 Å². The van der Waals surface area contributed by atoms with E-state index in [0.717, 1.165) is 51.4 Å². The van der Waals surface area contributed by atoms with Gasteiger partial charge in [0, 0.05) is 12.8 Å². The van der Waals surface area contributed by atoms with Gasteiger partial charge in [0.05, 0.1) is 6.61 Å². The molecular weight excluding hydrogens is 933 g/mol. The average Bonchev–Trinajstić information content (AvgIpc) is 3.42. The summed E-state index contributed by atoms with van der Waals surface area (Å²) in [6.07, 6.45) is 90.1. The molecule has 1 unspecified atom stereocenters. The van der Waals surface area contributed by atoms with E-state index in [0.29, 0.717) is 12.8 Å². The predicted octanol–water partition coefficient (Wildman–Crippen LogP) is 23.5. The van der Waals surface area contributed by atoms with Crippen molar-refractivity contribution in [2.45, 2.75) is 380 Å². The van der Waals surface area contributed by atoms with E-state index >= 15 is 0 Å². The Kier molecular flexibility index (Phi) is 65.2. The van der Waals surface area contributed by atoms with Crippen LogP contribution in [0.3, 0.4) is 0 Å². The normalized spacial score (nSPS) is 12.4. The Balaban J connectivity index is 3.37. The second-order valence-corrected chi connectivity index (χ2v) is 23.3. The van der Waals surface area contributed by atoms with Crippen LogP contribution in [0.1, 0.15) is 373 Å². The first-order chi connectivity index (χ1) is 37.6. The average molecular weight is 1070 g/mol. The van der Waals surface area contributed by atoms with Gasteiger partial charge in [0.1, 0.15) is 6.61 Å². The molecule has 0 aliphatic carbocycles. The molecular formula is C71H132O5. The second kappa shape index (κ2) is 67.1. The molecule has 76 heavy (non-hydrogen) atoms. The molecule has 0 fully saturated rings. The van der Waals surface area contributed by atoms with Crippen molar-refractivity contribution >= 4 is 11.9 Å². The second-order valence-electron chi connectivity index (χ2n) is 23.3. The molecule has 0 saturated carbocycles. The highest BCUT2D eigenvalue weighted by Crippen LogP contribution is 2.18. The molecule has 5 heteroatoms. The lowest BCUT2D eigenvalue weighted by Gasteiger charge is -2.15. The van der Waals surface area contributed by atoms with E-state index in [1.54, 1.807) is 0 Å². The summed E-state index contributed by atoms with van der Waals surface area (Å²) in [6, 6.07) is 0. The summed E-state index contributed by atoms with van der Waals surface area (Å²) in [7, 11) is 0. The molecule has 446 valence electrons. The number of carbonyl (C=O) groups is 2. The van der Waals surface area contributed by atoms with Crippen LogP contribution in [-0.4, -0.2) is 36.4 Å². The minimum Gasteiger partial charge on any atom is -0.462 e. The largest absolute Gasteiger partial charge is 0.462 e. The monoisotopic (exact) mass is 1070 g/mol. The lowest BCUT2D eigenvalue weighted by atomic mass is 10.0. The summed E-state index contributed by atoms with van der Waals surface area (Å²) in [4.78, 5) is 24.6. The Labute approximate surface area is 475 Å². The number of aliphatic hydroxyl groups is 1. The van der Waals surface area contributed by atoms with Crippen LogP contribution >= 0.6 is 0 Å². The van der Waals surface area contributed by atoms with Crippen LogP contribution in [0.5, 0.6) is 0 Å². The fraction of sp³-hybridized carbons (Fsp3) is 0.859. The number of carbonyl (C=O) groups excluding carboxylic acids is 2. The fourth-order valence-electron chi connectivity index (χ4n) is 10.4. The third-order valence-corrected chi connectivity index (χ3v) is 15.6. The summed E-state index contributed by atoms with van der Waals surface area (Å²) in [6.45, 7) is 4.16. The minimum atomic E-state index is -0.773. The first kappa shape index (κ1) is 73.9. The van der Waals surface area contributed by atoms with Crippen LogP contribution in [0.25, 0.3) is 0 Å². The number of rotatable bonds is 64. The van der Waals surface area contributed by atoms with Crippen molar-refractivity contribution in [3.05, 3.63) is 48.6 Å². The van der Waals surface area contributed by atoms with Crippen molar-refractivity contribution in [1.29, 1.82) is 0 Å². The molecule has 0 rings (SSSR count). The molecule has 0 heterocycles. The van der Waals surface area contributed by atoms with E-state index < -0.39 is 6.10 Å². The molecule has 0 aromatic carbocycles. The van der Waals surface area contributed by atoms with E-state index in [9.17, 15) is 14.7 Å². The first-order valence-corrected chi connectivity index (χ1v) is 34.2. The molecule has 0 bridgehead atoms. The Bertz CT molecular complexity index is 1250. The third-order valence-electron chi connectivity index (χ3n) is 15.6. The molecule has 0 spiro atoms. The summed E-state index contributed by atoms with van der Waals surface area (Å²) in [5, 5.41) is 9.68. The van der Waals surface area contributed by atoms with Crippen LogP contribution in [0.4, 0.5) is 0 Å². The van der Waals surface area contributed by atoms with E-state index in [1.165, 1.54) is 295 Å². The number of hydrogen-bond donors (Lipinski definition) is 1. The zero-order chi connectivity index (χ0) is 54.8. The van der Waals surface area contributed by atoms with Crippen molar-refractivity contribution in [3.8, 4) is 0 Å². The Morgan fingerprint density at radius 1 is 0.303 bits per heavy atom. The molecule has 1 atom stereocenters. The van der Waals surface area contributed by atoms with Gasteiger partial charge in [-0.25, -0.2) is 0 Å². The van der Waals surface area contributed by atoms with Gasteiger partial charge in [0.25, 0.3) is 0 Å². The number of allylic oxidation sites excluding steroid dienone is 8. The number of hydrogen-bond acceptors (Lipinski definition) is 5. The molecule has 0 aromatic rings. The molecule has 1 N–H and O–H groups in total. The minimum absolute atomic E-state index is 0.0640. The molecule has 0 radical (unpaired) electrons. The van der Waals surface area contributed by atoms with Gasteiger partial charge in [-0.3, -0.25) is 9.59 Å². The zero-order valence-corrected chi connectivity index (χ0v) is 51.3. The number of esters is 2. The van der Waals surface area contributed by atoms with Crippen molar-refractivity contribution in [2.75, 3.05) is 13.2 Å². The number of ether oxygens (including phenoxy) is 2. The smallest absolute Gasteiger partial charge is 0.306 e. The van der Waals surface area contributed by atoms with Crippen molar-refractivity contribution in [1.82, 2.24) is 0 Å². The lowest BCUT2D eigenvalue weighted by Crippen LogP contribution is -2.28. The molecule has 0 aliphatic heterocycles. The highest BCUT2D eigenvalue weighted by atomic mass is 16.6. The van der Waals surface area contributed by atoms with Gasteiger partial charge in [-0.1, -0.05) is 332 Å². The van der Waals surface area contributed by atoms with Crippen LogP contribution < -0.4 is 0 Å². The van der Waals surface area contributed by atoms with Gasteiger partial charge in [0.2, 0.25) is 0 Å². The summed E-state index contributed by atoms with van der Waals surface area (Å²) in [5.74, 6) is -0.577. The van der Waals surface area contributed by atoms with Crippen LogP contribution in [0.2, 0.25) is 0 Å². The predicted molar refractivity (Wildman–Crippen MR) is 334 cm³/mol. The van der Waals surface area contributed by atoms with E-state index in [1.807, 2.05) is 0 Å².